The van der Waals surface area contributed by atoms with Crippen LogP contribution in [0.15, 0.2) is 54.6 Å². The van der Waals surface area contributed by atoms with Gasteiger partial charge in [-0.15, -0.1) is 0 Å². The molecule has 2 N–H and O–H groups in total. The summed E-state index contributed by atoms with van der Waals surface area (Å²) in [5.74, 6) is 0.0803. The average molecular weight is 403 g/mol. The van der Waals surface area contributed by atoms with Gasteiger partial charge in [0.1, 0.15) is 5.75 Å². The summed E-state index contributed by atoms with van der Waals surface area (Å²) in [6.07, 6.45) is 1.02. The van der Waals surface area contributed by atoms with E-state index in [-0.39, 0.29) is 23.7 Å². The predicted molar refractivity (Wildman–Crippen MR) is 108 cm³/mol. The van der Waals surface area contributed by atoms with Gasteiger partial charge in [-0.05, 0) is 41.6 Å². The summed E-state index contributed by atoms with van der Waals surface area (Å²) in [5, 5.41) is 5.70. The van der Waals surface area contributed by atoms with E-state index >= 15 is 0 Å². The van der Waals surface area contributed by atoms with Crippen molar-refractivity contribution < 1.29 is 18.3 Å². The first-order chi connectivity index (χ1) is 13.9. The molecular formula is C22H27F2N3O2. The molecule has 2 aromatic carbocycles. The van der Waals surface area contributed by atoms with Crippen LogP contribution in [0.4, 0.5) is 13.6 Å². The van der Waals surface area contributed by atoms with Gasteiger partial charge in [0, 0.05) is 26.2 Å². The molecule has 1 unspecified atom stereocenters. The van der Waals surface area contributed by atoms with Crippen LogP contribution in [0.25, 0.3) is 0 Å². The number of nitrogens with one attached hydrogen (secondary N) is 2. The number of rotatable bonds is 8. The topological polar surface area (TPSA) is 53.6 Å². The molecule has 0 spiro atoms. The molecule has 7 heteroatoms. The van der Waals surface area contributed by atoms with E-state index in [1.54, 1.807) is 12.1 Å². The van der Waals surface area contributed by atoms with Gasteiger partial charge in [0.2, 0.25) is 0 Å². The quantitative estimate of drug-likeness (QED) is 0.701. The minimum Gasteiger partial charge on any atom is -0.435 e. The average Bonchev–Trinajstić information content (AvgIpc) is 3.06. The summed E-state index contributed by atoms with van der Waals surface area (Å²) < 4.78 is 29.0. The van der Waals surface area contributed by atoms with Gasteiger partial charge in [-0.2, -0.15) is 8.78 Å². The first-order valence-corrected chi connectivity index (χ1v) is 9.74. The Hall–Kier alpha value is -2.67. The monoisotopic (exact) mass is 403 g/mol. The van der Waals surface area contributed by atoms with Gasteiger partial charge in [0.15, 0.2) is 0 Å². The van der Waals surface area contributed by atoms with Crippen molar-refractivity contribution in [2.24, 2.45) is 5.41 Å². The maximum atomic E-state index is 12.3. The Bertz CT molecular complexity index is 804. The lowest BCUT2D eigenvalue weighted by Crippen LogP contribution is -2.42. The van der Waals surface area contributed by atoms with E-state index in [0.29, 0.717) is 12.1 Å². The van der Waals surface area contributed by atoms with Crippen molar-refractivity contribution in [3.8, 4) is 5.75 Å². The fourth-order valence-electron chi connectivity index (χ4n) is 3.62. The first-order valence-electron chi connectivity index (χ1n) is 9.74. The third kappa shape index (κ3) is 6.71. The van der Waals surface area contributed by atoms with Crippen LogP contribution >= 0.6 is 0 Å². The van der Waals surface area contributed by atoms with Crippen LogP contribution in [0, 0.1) is 5.41 Å². The van der Waals surface area contributed by atoms with Crippen molar-refractivity contribution in [3.05, 3.63) is 65.7 Å². The molecule has 0 aromatic heterocycles. The minimum atomic E-state index is -2.87. The number of hydrogen-bond acceptors (Lipinski definition) is 3. The van der Waals surface area contributed by atoms with Crippen LogP contribution in [0.5, 0.6) is 5.75 Å². The zero-order chi connectivity index (χ0) is 20.7. The Morgan fingerprint density at radius 3 is 2.66 bits per heavy atom. The number of carbonyl (C=O) groups excluding carboxylic acids is 1. The molecule has 3 rings (SSSR count). The highest BCUT2D eigenvalue weighted by molar-refractivity contribution is 5.73. The van der Waals surface area contributed by atoms with Crippen LogP contribution in [0.1, 0.15) is 24.5 Å². The molecule has 2 amide bonds. The number of carbonyl (C=O) groups is 1. The molecule has 1 atom stereocenters. The van der Waals surface area contributed by atoms with E-state index in [4.69, 9.17) is 0 Å². The molecular weight excluding hydrogens is 376 g/mol. The zero-order valence-electron chi connectivity index (χ0n) is 16.5. The fourth-order valence-corrected chi connectivity index (χ4v) is 3.62. The summed E-state index contributed by atoms with van der Waals surface area (Å²) in [6.45, 7) is 2.99. The number of hydrogen-bond donors (Lipinski definition) is 2. The molecule has 0 aliphatic carbocycles. The second-order valence-corrected chi connectivity index (χ2v) is 7.82. The molecule has 1 heterocycles. The smallest absolute Gasteiger partial charge is 0.387 e. The lowest BCUT2D eigenvalue weighted by Gasteiger charge is -2.25. The lowest BCUT2D eigenvalue weighted by molar-refractivity contribution is -0.0498. The van der Waals surface area contributed by atoms with E-state index in [0.717, 1.165) is 26.1 Å². The third-order valence-electron chi connectivity index (χ3n) is 5.14. The Labute approximate surface area is 170 Å². The van der Waals surface area contributed by atoms with Crippen LogP contribution in [-0.4, -0.2) is 37.2 Å². The number of nitrogens with zero attached hydrogens (tertiary/aromatic N) is 1. The number of amides is 2. The molecule has 0 saturated carbocycles. The number of urea groups is 1. The molecule has 1 saturated heterocycles. The second kappa shape index (κ2) is 9.69. The van der Waals surface area contributed by atoms with Crippen molar-refractivity contribution in [2.75, 3.05) is 19.6 Å². The van der Waals surface area contributed by atoms with Crippen molar-refractivity contribution >= 4 is 6.03 Å². The Morgan fingerprint density at radius 1 is 1.14 bits per heavy atom. The molecule has 29 heavy (non-hydrogen) atoms. The normalized spacial score (nSPS) is 19.3. The second-order valence-electron chi connectivity index (χ2n) is 7.82. The number of halogens is 2. The zero-order valence-corrected chi connectivity index (χ0v) is 16.5. The standard InChI is InChI=1S/C22H27F2N3O2/c1-22(10-11-27(16-22)14-17-6-3-2-4-7-17)15-26-21(28)25-13-18-8-5-9-19(12-18)29-20(23)24/h2-9,12,20H,10-11,13-16H2,1H3,(H2,25,26,28). The summed E-state index contributed by atoms with van der Waals surface area (Å²) in [5.41, 5.74) is 2.01. The maximum Gasteiger partial charge on any atom is 0.387 e. The minimum absolute atomic E-state index is 0.0249. The summed E-state index contributed by atoms with van der Waals surface area (Å²) in [7, 11) is 0. The fraction of sp³-hybridized carbons (Fsp3) is 0.409. The van der Waals surface area contributed by atoms with Crippen LogP contribution in [-0.2, 0) is 13.1 Å². The van der Waals surface area contributed by atoms with E-state index < -0.39 is 6.61 Å². The van der Waals surface area contributed by atoms with E-state index in [1.165, 1.54) is 17.7 Å². The Morgan fingerprint density at radius 2 is 1.90 bits per heavy atom. The van der Waals surface area contributed by atoms with Gasteiger partial charge in [0.05, 0.1) is 0 Å². The molecule has 156 valence electrons. The van der Waals surface area contributed by atoms with Gasteiger partial charge >= 0.3 is 12.6 Å². The van der Waals surface area contributed by atoms with E-state index in [1.807, 2.05) is 18.2 Å². The van der Waals surface area contributed by atoms with Crippen LogP contribution in [0.3, 0.4) is 0 Å². The molecule has 2 aromatic rings. The number of likely N-dealkylation sites (tertiary alicyclic amines) is 1. The van der Waals surface area contributed by atoms with E-state index in [2.05, 4.69) is 39.3 Å². The first kappa shape index (κ1) is 21.0. The SMILES string of the molecule is CC1(CNC(=O)NCc2cccc(OC(F)F)c2)CCN(Cc2ccccc2)C1. The van der Waals surface area contributed by atoms with Gasteiger partial charge in [0.25, 0.3) is 0 Å². The Kier molecular flexibility index (Phi) is 7.04. The number of alkyl halides is 2. The van der Waals surface area contributed by atoms with Crippen molar-refractivity contribution in [3.63, 3.8) is 0 Å². The van der Waals surface area contributed by atoms with Gasteiger partial charge in [-0.3, -0.25) is 4.90 Å². The van der Waals surface area contributed by atoms with Crippen molar-refractivity contribution in [2.45, 2.75) is 33.0 Å². The largest absolute Gasteiger partial charge is 0.435 e. The van der Waals surface area contributed by atoms with E-state index in [9.17, 15) is 13.6 Å². The predicted octanol–water partition coefficient (Wildman–Crippen LogP) is 4.00. The molecule has 0 radical (unpaired) electrons. The lowest BCUT2D eigenvalue weighted by atomic mass is 9.90. The van der Waals surface area contributed by atoms with Crippen molar-refractivity contribution in [1.82, 2.24) is 15.5 Å². The van der Waals surface area contributed by atoms with Gasteiger partial charge < -0.3 is 15.4 Å². The highest BCUT2D eigenvalue weighted by Crippen LogP contribution is 2.30. The van der Waals surface area contributed by atoms with Gasteiger partial charge in [-0.1, -0.05) is 49.4 Å². The summed E-state index contributed by atoms with van der Waals surface area (Å²) in [6, 6.07) is 16.4. The van der Waals surface area contributed by atoms with Crippen molar-refractivity contribution in [1.29, 1.82) is 0 Å². The van der Waals surface area contributed by atoms with Crippen LogP contribution in [0.2, 0.25) is 0 Å². The molecule has 0 bridgehead atoms. The summed E-state index contributed by atoms with van der Waals surface area (Å²) in [4.78, 5) is 14.6. The Balaban J connectivity index is 1.41. The third-order valence-corrected chi connectivity index (χ3v) is 5.14. The van der Waals surface area contributed by atoms with Gasteiger partial charge in [-0.25, -0.2) is 4.79 Å². The number of benzene rings is 2. The molecule has 1 aliphatic heterocycles. The molecule has 1 fully saturated rings. The number of ether oxygens (including phenoxy) is 1. The highest BCUT2D eigenvalue weighted by Gasteiger charge is 2.33. The highest BCUT2D eigenvalue weighted by atomic mass is 19.3. The molecule has 5 nitrogen and oxygen atoms in total. The molecule has 1 aliphatic rings. The summed E-state index contributed by atoms with van der Waals surface area (Å²) >= 11 is 0. The van der Waals surface area contributed by atoms with Crippen LogP contribution < -0.4 is 15.4 Å². The maximum absolute atomic E-state index is 12.3.